The first-order valence-electron chi connectivity index (χ1n) is 7.74. The summed E-state index contributed by atoms with van der Waals surface area (Å²) in [6, 6.07) is 0.0879. The van der Waals surface area contributed by atoms with E-state index in [1.807, 2.05) is 25.7 Å². The highest BCUT2D eigenvalue weighted by atomic mass is 16.6. The number of fused-ring (bicyclic) bond motifs is 2. The molecular weight excluding hydrogens is 272 g/mol. The molecule has 3 saturated heterocycles. The van der Waals surface area contributed by atoms with Crippen LogP contribution in [-0.4, -0.2) is 53.3 Å². The number of ether oxygens (including phenoxy) is 2. The minimum atomic E-state index is -0.734. The van der Waals surface area contributed by atoms with E-state index in [1.54, 1.807) is 0 Å². The number of hydrogen-bond donors (Lipinski definition) is 1. The van der Waals surface area contributed by atoms with Gasteiger partial charge in [-0.2, -0.15) is 0 Å². The van der Waals surface area contributed by atoms with E-state index in [9.17, 15) is 9.59 Å². The number of morpholine rings is 1. The van der Waals surface area contributed by atoms with E-state index in [0.717, 1.165) is 12.8 Å². The topological polar surface area (TPSA) is 67.9 Å². The number of carbonyl (C=O) groups excluding carboxylic acids is 2. The molecule has 3 heterocycles. The van der Waals surface area contributed by atoms with Crippen LogP contribution in [0.3, 0.4) is 0 Å². The molecule has 6 nitrogen and oxygen atoms in total. The van der Waals surface area contributed by atoms with Crippen molar-refractivity contribution in [2.24, 2.45) is 0 Å². The predicted octanol–water partition coefficient (Wildman–Crippen LogP) is 1.43. The van der Waals surface area contributed by atoms with E-state index < -0.39 is 11.2 Å². The molecule has 0 aromatic rings. The summed E-state index contributed by atoms with van der Waals surface area (Å²) in [5.41, 5.74) is -1.23. The van der Waals surface area contributed by atoms with Crippen molar-refractivity contribution in [3.8, 4) is 0 Å². The fourth-order valence-electron chi connectivity index (χ4n) is 3.76. The molecule has 0 radical (unpaired) electrons. The molecule has 3 aliphatic heterocycles. The zero-order chi connectivity index (χ0) is 15.3. The lowest BCUT2D eigenvalue weighted by Crippen LogP contribution is -2.63. The van der Waals surface area contributed by atoms with Gasteiger partial charge in [-0.15, -0.1) is 0 Å². The molecule has 21 heavy (non-hydrogen) atoms. The van der Waals surface area contributed by atoms with E-state index in [-0.39, 0.29) is 24.1 Å². The SMILES string of the molecule is CC(C)(C)OC(=O)N1C2CCC1CC1(C2)OCCNC1=O. The van der Waals surface area contributed by atoms with Gasteiger partial charge in [0.05, 0.1) is 6.61 Å². The van der Waals surface area contributed by atoms with Crippen LogP contribution < -0.4 is 5.32 Å². The van der Waals surface area contributed by atoms with Gasteiger partial charge in [0.1, 0.15) is 5.60 Å². The van der Waals surface area contributed by atoms with Gasteiger partial charge in [0, 0.05) is 31.5 Å². The molecule has 6 heteroatoms. The molecule has 3 rings (SSSR count). The van der Waals surface area contributed by atoms with Gasteiger partial charge < -0.3 is 19.7 Å². The second-order valence-corrected chi connectivity index (χ2v) is 7.28. The second-order valence-electron chi connectivity index (χ2n) is 7.28. The number of rotatable bonds is 0. The highest BCUT2D eigenvalue weighted by Gasteiger charge is 2.55. The normalized spacial score (nSPS) is 35.8. The maximum Gasteiger partial charge on any atom is 0.410 e. The fraction of sp³-hybridized carbons (Fsp3) is 0.867. The van der Waals surface area contributed by atoms with Crippen LogP contribution in [0.25, 0.3) is 0 Å². The van der Waals surface area contributed by atoms with Crippen LogP contribution in [0.15, 0.2) is 0 Å². The van der Waals surface area contributed by atoms with Gasteiger partial charge in [0.25, 0.3) is 5.91 Å². The summed E-state index contributed by atoms with van der Waals surface area (Å²) in [6.45, 7) is 6.74. The molecule has 1 N–H and O–H groups in total. The minimum Gasteiger partial charge on any atom is -0.444 e. The van der Waals surface area contributed by atoms with Crippen molar-refractivity contribution in [2.75, 3.05) is 13.2 Å². The van der Waals surface area contributed by atoms with E-state index >= 15 is 0 Å². The average molecular weight is 296 g/mol. The van der Waals surface area contributed by atoms with Gasteiger partial charge >= 0.3 is 6.09 Å². The van der Waals surface area contributed by atoms with E-state index in [4.69, 9.17) is 9.47 Å². The number of nitrogens with one attached hydrogen (secondary N) is 1. The zero-order valence-corrected chi connectivity index (χ0v) is 13.0. The number of carbonyl (C=O) groups is 2. The molecule has 3 aliphatic rings. The standard InChI is InChI=1S/C15H24N2O4/c1-14(2,3)21-13(19)17-10-4-5-11(17)9-15(8-10)12(18)16-6-7-20-15/h10-11H,4-9H2,1-3H3,(H,16,18). The minimum absolute atomic E-state index is 0.0190. The molecule has 2 unspecified atom stereocenters. The first-order chi connectivity index (χ1) is 9.81. The van der Waals surface area contributed by atoms with Crippen LogP contribution in [0.5, 0.6) is 0 Å². The van der Waals surface area contributed by atoms with Gasteiger partial charge in [-0.05, 0) is 33.6 Å². The van der Waals surface area contributed by atoms with Crippen molar-refractivity contribution in [3.63, 3.8) is 0 Å². The van der Waals surface area contributed by atoms with Crippen molar-refractivity contribution in [1.82, 2.24) is 10.2 Å². The number of hydrogen-bond acceptors (Lipinski definition) is 4. The molecule has 2 atom stereocenters. The summed E-state index contributed by atoms with van der Waals surface area (Å²) < 4.78 is 11.3. The van der Waals surface area contributed by atoms with Crippen LogP contribution in [0.4, 0.5) is 4.79 Å². The average Bonchev–Trinajstić information content (AvgIpc) is 2.64. The van der Waals surface area contributed by atoms with E-state index in [2.05, 4.69) is 5.32 Å². The van der Waals surface area contributed by atoms with Crippen LogP contribution in [-0.2, 0) is 14.3 Å². The Hall–Kier alpha value is -1.30. The number of amides is 2. The Kier molecular flexibility index (Phi) is 3.39. The number of piperidine rings is 1. The van der Waals surface area contributed by atoms with Gasteiger partial charge in [-0.25, -0.2) is 4.79 Å². The fourth-order valence-corrected chi connectivity index (χ4v) is 3.76. The zero-order valence-electron chi connectivity index (χ0n) is 13.0. The highest BCUT2D eigenvalue weighted by molar-refractivity contribution is 5.86. The van der Waals surface area contributed by atoms with Crippen molar-refractivity contribution in [1.29, 1.82) is 0 Å². The maximum atomic E-state index is 12.4. The Bertz CT molecular complexity index is 443. The highest BCUT2D eigenvalue weighted by Crippen LogP contribution is 2.44. The summed E-state index contributed by atoms with van der Waals surface area (Å²) in [6.07, 6.45) is 2.73. The molecule has 0 aromatic carbocycles. The third kappa shape index (κ3) is 2.61. The van der Waals surface area contributed by atoms with Gasteiger partial charge in [0.2, 0.25) is 0 Å². The molecule has 2 bridgehead atoms. The quantitative estimate of drug-likeness (QED) is 0.734. The molecule has 0 aromatic heterocycles. The lowest BCUT2D eigenvalue weighted by Gasteiger charge is -2.46. The first-order valence-corrected chi connectivity index (χ1v) is 7.74. The monoisotopic (exact) mass is 296 g/mol. The molecule has 0 saturated carbocycles. The Morgan fingerprint density at radius 1 is 1.33 bits per heavy atom. The summed E-state index contributed by atoms with van der Waals surface area (Å²) in [5.74, 6) is -0.0190. The predicted molar refractivity (Wildman–Crippen MR) is 75.8 cm³/mol. The van der Waals surface area contributed by atoms with E-state index in [0.29, 0.717) is 26.0 Å². The van der Waals surface area contributed by atoms with Crippen LogP contribution in [0, 0.1) is 0 Å². The second kappa shape index (κ2) is 4.87. The largest absolute Gasteiger partial charge is 0.444 e. The molecule has 1 spiro atoms. The number of nitrogens with zero attached hydrogens (tertiary/aromatic N) is 1. The van der Waals surface area contributed by atoms with Gasteiger partial charge in [0.15, 0.2) is 5.60 Å². The maximum absolute atomic E-state index is 12.4. The van der Waals surface area contributed by atoms with Gasteiger partial charge in [-0.1, -0.05) is 0 Å². The smallest absolute Gasteiger partial charge is 0.410 e. The van der Waals surface area contributed by atoms with Crippen molar-refractivity contribution in [3.05, 3.63) is 0 Å². The Morgan fingerprint density at radius 2 is 1.95 bits per heavy atom. The van der Waals surface area contributed by atoms with Crippen LogP contribution in [0.1, 0.15) is 46.5 Å². The lowest BCUT2D eigenvalue weighted by molar-refractivity contribution is -0.166. The third-order valence-electron chi connectivity index (χ3n) is 4.53. The summed E-state index contributed by atoms with van der Waals surface area (Å²) >= 11 is 0. The summed E-state index contributed by atoms with van der Waals surface area (Å²) in [5, 5.41) is 2.90. The molecule has 118 valence electrons. The Morgan fingerprint density at radius 3 is 2.48 bits per heavy atom. The van der Waals surface area contributed by atoms with Gasteiger partial charge in [-0.3, -0.25) is 4.79 Å². The first kappa shape index (κ1) is 14.6. The Labute approximate surface area is 125 Å². The molecule has 0 aliphatic carbocycles. The lowest BCUT2D eigenvalue weighted by atomic mass is 9.84. The molecule has 3 fully saturated rings. The van der Waals surface area contributed by atoms with Crippen LogP contribution in [0.2, 0.25) is 0 Å². The van der Waals surface area contributed by atoms with Crippen molar-refractivity contribution >= 4 is 12.0 Å². The van der Waals surface area contributed by atoms with E-state index in [1.165, 1.54) is 0 Å². The summed E-state index contributed by atoms with van der Waals surface area (Å²) in [7, 11) is 0. The van der Waals surface area contributed by atoms with Crippen molar-refractivity contribution < 1.29 is 19.1 Å². The molecular formula is C15H24N2O4. The Balaban J connectivity index is 1.75. The molecule has 2 amide bonds. The van der Waals surface area contributed by atoms with Crippen molar-refractivity contribution in [2.45, 2.75) is 69.7 Å². The van der Waals surface area contributed by atoms with Crippen LogP contribution >= 0.6 is 0 Å². The summed E-state index contributed by atoms with van der Waals surface area (Å²) in [4.78, 5) is 26.4. The third-order valence-corrected chi connectivity index (χ3v) is 4.53.